The average Bonchev–Trinajstić information content (AvgIpc) is 2.33. The number of ether oxygens (including phenoxy) is 3. The maximum absolute atomic E-state index is 5.39. The highest BCUT2D eigenvalue weighted by Gasteiger charge is 2.44. The maximum Gasteiger partial charge on any atom is 0.271 e. The van der Waals surface area contributed by atoms with Gasteiger partial charge in [-0.15, -0.1) is 0 Å². The third-order valence-electron chi connectivity index (χ3n) is 2.87. The van der Waals surface area contributed by atoms with Crippen molar-refractivity contribution in [1.29, 1.82) is 0 Å². The fourth-order valence-corrected chi connectivity index (χ4v) is 1.99. The molecule has 3 aliphatic heterocycles. The molecule has 0 saturated carbocycles. The third-order valence-corrected chi connectivity index (χ3v) is 2.87. The summed E-state index contributed by atoms with van der Waals surface area (Å²) in [6.45, 7) is 1.66. The second-order valence-corrected chi connectivity index (χ2v) is 3.87. The molecule has 0 aromatic heterocycles. The highest BCUT2D eigenvalue weighted by atomic mass is 16.9. The second-order valence-electron chi connectivity index (χ2n) is 3.87. The molecule has 2 bridgehead atoms. The van der Waals surface area contributed by atoms with Crippen LogP contribution in [0.25, 0.3) is 0 Å². The van der Waals surface area contributed by atoms with Crippen LogP contribution in [0.3, 0.4) is 0 Å². The Balaban J connectivity index is 1.96. The normalized spacial score (nSPS) is 35.9. The molecule has 0 amide bonds. The van der Waals surface area contributed by atoms with E-state index in [0.717, 1.165) is 0 Å². The van der Waals surface area contributed by atoms with Crippen molar-refractivity contribution in [1.82, 2.24) is 0 Å². The molecular formula is C11H12O3. The molecule has 1 aromatic rings. The van der Waals surface area contributed by atoms with Gasteiger partial charge in [0, 0.05) is 0 Å². The van der Waals surface area contributed by atoms with Crippen LogP contribution in [-0.4, -0.2) is 26.3 Å². The minimum absolute atomic E-state index is 0.0873. The Morgan fingerprint density at radius 3 is 2.07 bits per heavy atom. The van der Waals surface area contributed by atoms with Crippen molar-refractivity contribution in [3.63, 3.8) is 0 Å². The van der Waals surface area contributed by atoms with E-state index in [1.54, 1.807) is 0 Å². The zero-order chi connectivity index (χ0) is 9.43. The molecular weight excluding hydrogens is 180 g/mol. The Bertz CT molecular complexity index is 301. The van der Waals surface area contributed by atoms with Crippen LogP contribution in [0.2, 0.25) is 0 Å². The van der Waals surface area contributed by atoms with E-state index >= 15 is 0 Å². The van der Waals surface area contributed by atoms with Gasteiger partial charge in [0.05, 0.1) is 25.2 Å². The van der Waals surface area contributed by atoms with Gasteiger partial charge in [-0.05, 0) is 5.56 Å². The summed E-state index contributed by atoms with van der Waals surface area (Å²) in [7, 11) is 0. The molecule has 3 heterocycles. The van der Waals surface area contributed by atoms with Crippen molar-refractivity contribution in [3.05, 3.63) is 35.9 Å². The lowest BCUT2D eigenvalue weighted by Gasteiger charge is -2.45. The Morgan fingerprint density at radius 1 is 0.929 bits per heavy atom. The number of rotatable bonds is 1. The number of benzene rings is 1. The van der Waals surface area contributed by atoms with Gasteiger partial charge in [0.15, 0.2) is 0 Å². The zero-order valence-electron chi connectivity index (χ0n) is 7.81. The molecule has 0 spiro atoms. The van der Waals surface area contributed by atoms with E-state index in [1.165, 1.54) is 5.56 Å². The standard InChI is InChI=1S/C11H12O3/c1-2-4-9(5-3-1)11-6-12-10(13-7-11)14-8-11/h1-5,10H,6-8H2. The van der Waals surface area contributed by atoms with Gasteiger partial charge in [-0.2, -0.15) is 0 Å². The molecule has 3 saturated heterocycles. The minimum atomic E-state index is -0.430. The van der Waals surface area contributed by atoms with Gasteiger partial charge in [-0.25, -0.2) is 0 Å². The van der Waals surface area contributed by atoms with Crippen molar-refractivity contribution < 1.29 is 14.2 Å². The van der Waals surface area contributed by atoms with E-state index < -0.39 is 6.48 Å². The van der Waals surface area contributed by atoms with Crippen LogP contribution >= 0.6 is 0 Å². The summed E-state index contributed by atoms with van der Waals surface area (Å²) in [4.78, 5) is 0. The number of hydrogen-bond donors (Lipinski definition) is 0. The molecule has 0 aliphatic carbocycles. The number of fused-ring (bicyclic) bond motifs is 3. The van der Waals surface area contributed by atoms with Crippen molar-refractivity contribution in [3.8, 4) is 0 Å². The first kappa shape index (κ1) is 8.41. The fraction of sp³-hybridized carbons (Fsp3) is 0.455. The monoisotopic (exact) mass is 192 g/mol. The summed E-state index contributed by atoms with van der Waals surface area (Å²) >= 11 is 0. The SMILES string of the molecule is c1ccc(C23COC(OC2)OC3)cc1. The van der Waals surface area contributed by atoms with Gasteiger partial charge in [-0.3, -0.25) is 0 Å². The van der Waals surface area contributed by atoms with Crippen LogP contribution in [0, 0.1) is 0 Å². The molecule has 0 atom stereocenters. The van der Waals surface area contributed by atoms with Crippen molar-refractivity contribution in [2.45, 2.75) is 11.9 Å². The zero-order valence-corrected chi connectivity index (χ0v) is 7.81. The largest absolute Gasteiger partial charge is 0.329 e. The Hall–Kier alpha value is -0.900. The van der Waals surface area contributed by atoms with E-state index in [0.29, 0.717) is 19.8 Å². The summed E-state index contributed by atoms with van der Waals surface area (Å²) in [6, 6.07) is 10.3. The Labute approximate surface area is 82.6 Å². The van der Waals surface area contributed by atoms with Gasteiger partial charge in [0.1, 0.15) is 0 Å². The predicted octanol–water partition coefficient (Wildman–Crippen LogP) is 1.28. The summed E-state index contributed by atoms with van der Waals surface area (Å²) in [5, 5.41) is 0. The lowest BCUT2D eigenvalue weighted by atomic mass is 9.81. The predicted molar refractivity (Wildman–Crippen MR) is 49.8 cm³/mol. The van der Waals surface area contributed by atoms with Crippen LogP contribution in [-0.2, 0) is 19.6 Å². The van der Waals surface area contributed by atoms with Gasteiger partial charge in [0.25, 0.3) is 6.48 Å². The first-order valence-electron chi connectivity index (χ1n) is 4.79. The maximum atomic E-state index is 5.39. The second kappa shape index (κ2) is 3.05. The van der Waals surface area contributed by atoms with E-state index in [2.05, 4.69) is 12.1 Å². The van der Waals surface area contributed by atoms with Gasteiger partial charge in [-0.1, -0.05) is 30.3 Å². The molecule has 3 heteroatoms. The smallest absolute Gasteiger partial charge is 0.271 e. The molecule has 74 valence electrons. The van der Waals surface area contributed by atoms with E-state index in [-0.39, 0.29) is 5.41 Å². The molecule has 3 aliphatic rings. The molecule has 0 N–H and O–H groups in total. The van der Waals surface area contributed by atoms with Crippen LogP contribution in [0.5, 0.6) is 0 Å². The third kappa shape index (κ3) is 1.17. The molecule has 3 fully saturated rings. The highest BCUT2D eigenvalue weighted by Crippen LogP contribution is 2.34. The van der Waals surface area contributed by atoms with Crippen LogP contribution < -0.4 is 0 Å². The van der Waals surface area contributed by atoms with Gasteiger partial charge < -0.3 is 14.2 Å². The lowest BCUT2D eigenvalue weighted by molar-refractivity contribution is -0.377. The Morgan fingerprint density at radius 2 is 1.50 bits per heavy atom. The summed E-state index contributed by atoms with van der Waals surface area (Å²) in [6.07, 6.45) is 0. The molecule has 0 unspecified atom stereocenters. The molecule has 3 nitrogen and oxygen atoms in total. The molecule has 1 aromatic carbocycles. The molecule has 14 heavy (non-hydrogen) atoms. The van der Waals surface area contributed by atoms with Crippen LogP contribution in [0.1, 0.15) is 5.56 Å². The summed E-state index contributed by atoms with van der Waals surface area (Å²) < 4.78 is 16.2. The van der Waals surface area contributed by atoms with Crippen LogP contribution in [0.15, 0.2) is 30.3 Å². The number of hydrogen-bond acceptors (Lipinski definition) is 3. The average molecular weight is 192 g/mol. The van der Waals surface area contributed by atoms with Crippen molar-refractivity contribution in [2.24, 2.45) is 0 Å². The van der Waals surface area contributed by atoms with Crippen LogP contribution in [0.4, 0.5) is 0 Å². The van der Waals surface area contributed by atoms with E-state index in [4.69, 9.17) is 14.2 Å². The highest BCUT2D eigenvalue weighted by molar-refractivity contribution is 5.27. The van der Waals surface area contributed by atoms with Gasteiger partial charge in [0.2, 0.25) is 0 Å². The van der Waals surface area contributed by atoms with Gasteiger partial charge >= 0.3 is 0 Å². The fourth-order valence-electron chi connectivity index (χ4n) is 1.99. The molecule has 4 rings (SSSR count). The first-order valence-corrected chi connectivity index (χ1v) is 4.79. The van der Waals surface area contributed by atoms with E-state index in [1.807, 2.05) is 18.2 Å². The van der Waals surface area contributed by atoms with Crippen molar-refractivity contribution >= 4 is 0 Å². The van der Waals surface area contributed by atoms with E-state index in [9.17, 15) is 0 Å². The summed E-state index contributed by atoms with van der Waals surface area (Å²) in [5.41, 5.74) is 1.15. The van der Waals surface area contributed by atoms with Crippen molar-refractivity contribution in [2.75, 3.05) is 19.8 Å². The Kier molecular flexibility index (Phi) is 1.83. The summed E-state index contributed by atoms with van der Waals surface area (Å²) in [5.74, 6) is 0. The quantitative estimate of drug-likeness (QED) is 0.671. The molecule has 0 radical (unpaired) electrons. The minimum Gasteiger partial charge on any atom is -0.329 e. The lowest BCUT2D eigenvalue weighted by Crippen LogP contribution is -2.55. The topological polar surface area (TPSA) is 27.7 Å². The first-order chi connectivity index (χ1) is 6.89.